The van der Waals surface area contributed by atoms with E-state index in [2.05, 4.69) is 22.8 Å². The van der Waals surface area contributed by atoms with Crippen molar-refractivity contribution in [3.05, 3.63) is 0 Å². The van der Waals surface area contributed by atoms with Crippen LogP contribution in [0.2, 0.25) is 0 Å². The highest BCUT2D eigenvalue weighted by atomic mass is 32.2. The van der Waals surface area contributed by atoms with Crippen LogP contribution in [0.5, 0.6) is 0 Å². The molecule has 1 saturated carbocycles. The van der Waals surface area contributed by atoms with Crippen LogP contribution in [0, 0.1) is 12.3 Å². The molecule has 3 nitrogen and oxygen atoms in total. The zero-order valence-electron chi connectivity index (χ0n) is 10.6. The molecule has 0 heterocycles. The molecule has 0 saturated heterocycles. The Hall–Kier alpha value is -0.660. The predicted octanol–water partition coefficient (Wildman–Crippen LogP) is 1.39. The highest BCUT2D eigenvalue weighted by Crippen LogP contribution is 2.37. The fourth-order valence-corrected chi connectivity index (χ4v) is 3.13. The van der Waals surface area contributed by atoms with Crippen LogP contribution in [0.3, 0.4) is 0 Å². The molecule has 0 radical (unpaired) electrons. The molecule has 96 valence electrons. The van der Waals surface area contributed by atoms with Crippen molar-refractivity contribution in [2.45, 2.75) is 36.9 Å². The lowest BCUT2D eigenvalue weighted by molar-refractivity contribution is -0.120. The second-order valence-corrected chi connectivity index (χ2v) is 5.81. The predicted molar refractivity (Wildman–Crippen MR) is 74.0 cm³/mol. The van der Waals surface area contributed by atoms with E-state index in [9.17, 15) is 4.79 Å². The number of carbonyl (C=O) groups is 1. The van der Waals surface area contributed by atoms with Gasteiger partial charge >= 0.3 is 0 Å². The van der Waals surface area contributed by atoms with Crippen LogP contribution in [0.4, 0.5) is 0 Å². The lowest BCUT2D eigenvalue weighted by atomic mass is 9.88. The second kappa shape index (κ2) is 7.62. The summed E-state index contributed by atoms with van der Waals surface area (Å²) >= 11 is 1.90. The SMILES string of the molecule is C#CCNCC(=O)NCC1(SC)CCCCC1. The first-order valence-electron chi connectivity index (χ1n) is 6.18. The standard InChI is InChI=1S/C13H22N2OS/c1-3-9-14-10-12(16)15-11-13(17-2)7-5-4-6-8-13/h1,14H,4-11H2,2H3,(H,15,16). The molecule has 0 aromatic rings. The van der Waals surface area contributed by atoms with E-state index in [-0.39, 0.29) is 10.7 Å². The molecule has 1 amide bonds. The Kier molecular flexibility index (Phi) is 6.46. The lowest BCUT2D eigenvalue weighted by Gasteiger charge is -2.35. The first-order valence-corrected chi connectivity index (χ1v) is 7.41. The maximum absolute atomic E-state index is 11.6. The van der Waals surface area contributed by atoms with Gasteiger partial charge in [0.05, 0.1) is 13.1 Å². The van der Waals surface area contributed by atoms with Gasteiger partial charge in [0.15, 0.2) is 0 Å². The average molecular weight is 254 g/mol. The lowest BCUT2D eigenvalue weighted by Crippen LogP contribution is -2.44. The van der Waals surface area contributed by atoms with Crippen LogP contribution < -0.4 is 10.6 Å². The van der Waals surface area contributed by atoms with Crippen molar-refractivity contribution in [1.82, 2.24) is 10.6 Å². The minimum atomic E-state index is 0.0410. The number of nitrogens with one attached hydrogen (secondary N) is 2. The molecule has 1 rings (SSSR count). The van der Waals surface area contributed by atoms with Gasteiger partial charge in [0.1, 0.15) is 0 Å². The molecule has 0 bridgehead atoms. The smallest absolute Gasteiger partial charge is 0.234 e. The highest BCUT2D eigenvalue weighted by Gasteiger charge is 2.31. The summed E-state index contributed by atoms with van der Waals surface area (Å²) in [6, 6.07) is 0. The van der Waals surface area contributed by atoms with Crippen LogP contribution in [-0.4, -0.2) is 36.5 Å². The number of thioether (sulfide) groups is 1. The number of rotatable bonds is 6. The van der Waals surface area contributed by atoms with Crippen LogP contribution >= 0.6 is 11.8 Å². The summed E-state index contributed by atoms with van der Waals surface area (Å²) in [6.45, 7) is 1.54. The van der Waals surface area contributed by atoms with Crippen molar-refractivity contribution < 1.29 is 4.79 Å². The van der Waals surface area contributed by atoms with Crippen molar-refractivity contribution in [2.75, 3.05) is 25.9 Å². The van der Waals surface area contributed by atoms with Gasteiger partial charge in [-0.05, 0) is 19.1 Å². The minimum Gasteiger partial charge on any atom is -0.354 e. The second-order valence-electron chi connectivity index (χ2n) is 4.53. The Morgan fingerprint density at radius 1 is 1.41 bits per heavy atom. The van der Waals surface area contributed by atoms with Crippen molar-refractivity contribution in [3.8, 4) is 12.3 Å². The Balaban J connectivity index is 2.27. The Bertz CT molecular complexity index is 280. The van der Waals surface area contributed by atoms with Crippen LogP contribution in [0.15, 0.2) is 0 Å². The summed E-state index contributed by atoms with van der Waals surface area (Å²) in [6.07, 6.45) is 13.6. The van der Waals surface area contributed by atoms with E-state index >= 15 is 0 Å². The van der Waals surface area contributed by atoms with Gasteiger partial charge in [0, 0.05) is 11.3 Å². The van der Waals surface area contributed by atoms with E-state index in [1.54, 1.807) is 0 Å². The Morgan fingerprint density at radius 2 is 2.12 bits per heavy atom. The number of hydrogen-bond donors (Lipinski definition) is 2. The quantitative estimate of drug-likeness (QED) is 0.556. The van der Waals surface area contributed by atoms with Gasteiger partial charge in [-0.3, -0.25) is 10.1 Å². The van der Waals surface area contributed by atoms with Crippen LogP contribution in [-0.2, 0) is 4.79 Å². The summed E-state index contributed by atoms with van der Waals surface area (Å²) in [7, 11) is 0. The van der Waals surface area contributed by atoms with E-state index in [1.165, 1.54) is 32.1 Å². The molecule has 0 spiro atoms. The summed E-state index contributed by atoms with van der Waals surface area (Å²) in [5, 5.41) is 5.91. The van der Waals surface area contributed by atoms with Gasteiger partial charge < -0.3 is 5.32 Å². The topological polar surface area (TPSA) is 41.1 Å². The number of amides is 1. The highest BCUT2D eigenvalue weighted by molar-refractivity contribution is 8.00. The van der Waals surface area contributed by atoms with Gasteiger partial charge in [0.25, 0.3) is 0 Å². The third-order valence-electron chi connectivity index (χ3n) is 3.32. The third-order valence-corrected chi connectivity index (χ3v) is 4.74. The third kappa shape index (κ3) is 5.01. The van der Waals surface area contributed by atoms with E-state index < -0.39 is 0 Å². The molecule has 0 unspecified atom stereocenters. The monoisotopic (exact) mass is 254 g/mol. The molecule has 0 aliphatic heterocycles. The van der Waals surface area contributed by atoms with E-state index in [4.69, 9.17) is 6.42 Å². The van der Waals surface area contributed by atoms with Gasteiger partial charge in [0.2, 0.25) is 5.91 Å². The summed E-state index contributed by atoms with van der Waals surface area (Å²) in [5.41, 5.74) is 0. The molecular weight excluding hydrogens is 232 g/mol. The number of hydrogen-bond acceptors (Lipinski definition) is 3. The van der Waals surface area contributed by atoms with E-state index in [0.29, 0.717) is 13.1 Å². The van der Waals surface area contributed by atoms with Crippen molar-refractivity contribution in [3.63, 3.8) is 0 Å². The Morgan fingerprint density at radius 3 is 2.71 bits per heavy atom. The van der Waals surface area contributed by atoms with Crippen molar-refractivity contribution in [2.24, 2.45) is 0 Å². The van der Waals surface area contributed by atoms with E-state index in [0.717, 1.165) is 6.54 Å². The molecular formula is C13H22N2OS. The molecule has 1 aliphatic carbocycles. The van der Waals surface area contributed by atoms with Gasteiger partial charge in [-0.2, -0.15) is 11.8 Å². The summed E-state index contributed by atoms with van der Waals surface area (Å²) < 4.78 is 0.264. The van der Waals surface area contributed by atoms with Crippen LogP contribution in [0.25, 0.3) is 0 Å². The molecule has 1 aliphatic rings. The minimum absolute atomic E-state index is 0.0410. The van der Waals surface area contributed by atoms with E-state index in [1.807, 2.05) is 11.8 Å². The molecule has 17 heavy (non-hydrogen) atoms. The summed E-state index contributed by atoms with van der Waals surface area (Å²) in [4.78, 5) is 11.6. The maximum atomic E-state index is 11.6. The van der Waals surface area contributed by atoms with Crippen molar-refractivity contribution >= 4 is 17.7 Å². The largest absolute Gasteiger partial charge is 0.354 e. The maximum Gasteiger partial charge on any atom is 0.234 e. The average Bonchev–Trinajstić information content (AvgIpc) is 2.38. The normalized spacial score (nSPS) is 18.4. The molecule has 0 atom stereocenters. The van der Waals surface area contributed by atoms with Gasteiger partial charge in [-0.1, -0.05) is 25.2 Å². The fraction of sp³-hybridized carbons (Fsp3) is 0.769. The molecule has 1 fully saturated rings. The molecule has 2 N–H and O–H groups in total. The zero-order chi connectivity index (χ0) is 12.6. The molecule has 4 heteroatoms. The van der Waals surface area contributed by atoms with Gasteiger partial charge in [-0.25, -0.2) is 0 Å². The zero-order valence-corrected chi connectivity index (χ0v) is 11.4. The summed E-state index contributed by atoms with van der Waals surface area (Å²) in [5.74, 6) is 2.49. The first kappa shape index (κ1) is 14.4. The molecule has 0 aromatic heterocycles. The Labute approximate surface area is 108 Å². The fourth-order valence-electron chi connectivity index (χ4n) is 2.22. The first-order chi connectivity index (χ1) is 8.22. The number of carbonyl (C=O) groups excluding carboxylic acids is 1. The molecule has 0 aromatic carbocycles. The van der Waals surface area contributed by atoms with Crippen LogP contribution in [0.1, 0.15) is 32.1 Å². The van der Waals surface area contributed by atoms with Crippen molar-refractivity contribution in [1.29, 1.82) is 0 Å². The van der Waals surface area contributed by atoms with Gasteiger partial charge in [-0.15, -0.1) is 6.42 Å². The number of terminal acetylenes is 1.